The van der Waals surface area contributed by atoms with Crippen molar-refractivity contribution in [1.29, 1.82) is 0 Å². The van der Waals surface area contributed by atoms with Gasteiger partial charge in [0, 0.05) is 6.20 Å². The molecule has 1 atom stereocenters. The average Bonchev–Trinajstić information content (AvgIpc) is 2.74. The number of rotatable bonds is 2. The lowest BCUT2D eigenvalue weighted by Gasteiger charge is -2.10. The molecule has 15 heavy (non-hydrogen) atoms. The molecule has 0 spiro atoms. The number of aryl methyl sites for hydroxylation is 2. The third-order valence-corrected chi connectivity index (χ3v) is 2.65. The average molecular weight is 202 g/mol. The van der Waals surface area contributed by atoms with Crippen LogP contribution in [0.1, 0.15) is 28.5 Å². The van der Waals surface area contributed by atoms with Crippen LogP contribution in [0.25, 0.3) is 0 Å². The summed E-state index contributed by atoms with van der Waals surface area (Å²) in [7, 11) is 0. The number of benzene rings is 1. The molecule has 0 amide bonds. The molecule has 2 rings (SSSR count). The summed E-state index contributed by atoms with van der Waals surface area (Å²) in [6.45, 7) is 4.09. The number of aromatic nitrogens is 2. The van der Waals surface area contributed by atoms with Gasteiger partial charge in [-0.3, -0.25) is 0 Å². The van der Waals surface area contributed by atoms with Gasteiger partial charge in [-0.05, 0) is 30.5 Å². The Morgan fingerprint density at radius 2 is 2.07 bits per heavy atom. The molecule has 0 bridgehead atoms. The molecule has 0 aliphatic carbocycles. The van der Waals surface area contributed by atoms with Gasteiger partial charge in [-0.25, -0.2) is 4.98 Å². The Morgan fingerprint density at radius 1 is 1.27 bits per heavy atom. The Kier molecular flexibility index (Phi) is 2.56. The van der Waals surface area contributed by atoms with Gasteiger partial charge < -0.3 is 10.1 Å². The number of imidazole rings is 1. The van der Waals surface area contributed by atoms with Crippen molar-refractivity contribution < 1.29 is 5.11 Å². The Balaban J connectivity index is 2.34. The minimum atomic E-state index is -0.643. The summed E-state index contributed by atoms with van der Waals surface area (Å²) in [6, 6.07) is 5.94. The van der Waals surface area contributed by atoms with Crippen molar-refractivity contribution >= 4 is 0 Å². The fraction of sp³-hybridized carbons (Fsp3) is 0.250. The summed E-state index contributed by atoms with van der Waals surface area (Å²) in [5.74, 6) is 0. The number of aromatic amines is 1. The van der Waals surface area contributed by atoms with E-state index in [1.165, 1.54) is 11.1 Å². The van der Waals surface area contributed by atoms with E-state index in [0.717, 1.165) is 5.56 Å². The van der Waals surface area contributed by atoms with Gasteiger partial charge in [0.15, 0.2) is 0 Å². The predicted octanol–water partition coefficient (Wildman–Crippen LogP) is 2.11. The molecule has 1 unspecified atom stereocenters. The van der Waals surface area contributed by atoms with Crippen molar-refractivity contribution in [3.8, 4) is 0 Å². The Bertz CT molecular complexity index is 449. The SMILES string of the molecule is Cc1ccc(C(O)c2c[nH]cn2)cc1C. The molecule has 1 aromatic heterocycles. The van der Waals surface area contributed by atoms with Crippen molar-refractivity contribution in [2.24, 2.45) is 0 Å². The van der Waals surface area contributed by atoms with E-state index in [2.05, 4.69) is 16.9 Å². The topological polar surface area (TPSA) is 48.9 Å². The van der Waals surface area contributed by atoms with Gasteiger partial charge in [0.05, 0.1) is 12.0 Å². The molecule has 1 aromatic carbocycles. The molecule has 0 fully saturated rings. The molecule has 3 nitrogen and oxygen atoms in total. The van der Waals surface area contributed by atoms with Crippen molar-refractivity contribution in [3.63, 3.8) is 0 Å². The lowest BCUT2D eigenvalue weighted by molar-refractivity contribution is 0.216. The zero-order valence-electron chi connectivity index (χ0n) is 8.86. The Morgan fingerprint density at radius 3 is 2.67 bits per heavy atom. The number of aliphatic hydroxyl groups is 1. The van der Waals surface area contributed by atoms with Crippen LogP contribution < -0.4 is 0 Å². The minimum Gasteiger partial charge on any atom is -0.382 e. The monoisotopic (exact) mass is 202 g/mol. The molecule has 3 heteroatoms. The first-order valence-corrected chi connectivity index (χ1v) is 4.92. The van der Waals surface area contributed by atoms with E-state index in [1.54, 1.807) is 12.5 Å². The maximum atomic E-state index is 10.0. The van der Waals surface area contributed by atoms with Crippen LogP contribution in [-0.2, 0) is 0 Å². The highest BCUT2D eigenvalue weighted by atomic mass is 16.3. The van der Waals surface area contributed by atoms with Crippen LogP contribution in [0.2, 0.25) is 0 Å². The normalized spacial score (nSPS) is 12.7. The maximum Gasteiger partial charge on any atom is 0.122 e. The lowest BCUT2D eigenvalue weighted by atomic mass is 10.0. The van der Waals surface area contributed by atoms with Crippen molar-refractivity contribution in [3.05, 3.63) is 53.1 Å². The molecule has 0 saturated heterocycles. The van der Waals surface area contributed by atoms with E-state index in [0.29, 0.717) is 5.69 Å². The third-order valence-electron chi connectivity index (χ3n) is 2.65. The second-order valence-electron chi connectivity index (χ2n) is 3.74. The van der Waals surface area contributed by atoms with Gasteiger partial charge in [0.2, 0.25) is 0 Å². The van der Waals surface area contributed by atoms with Crippen LogP contribution in [-0.4, -0.2) is 15.1 Å². The molecular formula is C12H14N2O. The van der Waals surface area contributed by atoms with Crippen LogP contribution in [0, 0.1) is 13.8 Å². The number of nitrogens with zero attached hydrogens (tertiary/aromatic N) is 1. The van der Waals surface area contributed by atoms with Gasteiger partial charge in [-0.15, -0.1) is 0 Å². The fourth-order valence-corrected chi connectivity index (χ4v) is 1.53. The van der Waals surface area contributed by atoms with Gasteiger partial charge in [-0.2, -0.15) is 0 Å². The first kappa shape index (κ1) is 9.93. The van der Waals surface area contributed by atoms with Crippen LogP contribution in [0.3, 0.4) is 0 Å². The lowest BCUT2D eigenvalue weighted by Crippen LogP contribution is -2.00. The van der Waals surface area contributed by atoms with E-state index in [-0.39, 0.29) is 0 Å². The van der Waals surface area contributed by atoms with Crippen LogP contribution >= 0.6 is 0 Å². The second kappa shape index (κ2) is 3.87. The van der Waals surface area contributed by atoms with Gasteiger partial charge in [0.25, 0.3) is 0 Å². The van der Waals surface area contributed by atoms with Crippen molar-refractivity contribution in [2.75, 3.05) is 0 Å². The highest BCUT2D eigenvalue weighted by molar-refractivity contribution is 5.33. The number of hydrogen-bond donors (Lipinski definition) is 2. The number of H-pyrrole nitrogens is 1. The van der Waals surface area contributed by atoms with Crippen LogP contribution in [0.5, 0.6) is 0 Å². The van der Waals surface area contributed by atoms with Gasteiger partial charge in [0.1, 0.15) is 6.10 Å². The standard InChI is InChI=1S/C12H14N2O/c1-8-3-4-10(5-9(8)2)12(15)11-6-13-7-14-11/h3-7,12,15H,1-2H3,(H,13,14). The van der Waals surface area contributed by atoms with Crippen LogP contribution in [0.15, 0.2) is 30.7 Å². The number of nitrogens with one attached hydrogen (secondary N) is 1. The summed E-state index contributed by atoms with van der Waals surface area (Å²) in [5, 5.41) is 10.0. The quantitative estimate of drug-likeness (QED) is 0.783. The molecule has 2 N–H and O–H groups in total. The van der Waals surface area contributed by atoms with E-state index in [1.807, 2.05) is 25.1 Å². The molecule has 0 saturated carbocycles. The molecule has 78 valence electrons. The highest BCUT2D eigenvalue weighted by Gasteiger charge is 2.12. The summed E-state index contributed by atoms with van der Waals surface area (Å²) in [6.07, 6.45) is 2.63. The largest absolute Gasteiger partial charge is 0.382 e. The van der Waals surface area contributed by atoms with E-state index in [9.17, 15) is 5.11 Å². The first-order chi connectivity index (χ1) is 7.18. The van der Waals surface area contributed by atoms with Gasteiger partial charge >= 0.3 is 0 Å². The van der Waals surface area contributed by atoms with Crippen molar-refractivity contribution in [2.45, 2.75) is 20.0 Å². The number of hydrogen-bond acceptors (Lipinski definition) is 2. The molecule has 2 aromatic rings. The summed E-state index contributed by atoms with van der Waals surface area (Å²) < 4.78 is 0. The van der Waals surface area contributed by atoms with E-state index < -0.39 is 6.10 Å². The van der Waals surface area contributed by atoms with Crippen LogP contribution in [0.4, 0.5) is 0 Å². The zero-order chi connectivity index (χ0) is 10.8. The summed E-state index contributed by atoms with van der Waals surface area (Å²) in [5.41, 5.74) is 3.94. The first-order valence-electron chi connectivity index (χ1n) is 4.92. The van der Waals surface area contributed by atoms with E-state index in [4.69, 9.17) is 0 Å². The van der Waals surface area contributed by atoms with Crippen molar-refractivity contribution in [1.82, 2.24) is 9.97 Å². The molecule has 1 heterocycles. The second-order valence-corrected chi connectivity index (χ2v) is 3.74. The number of aliphatic hydroxyl groups excluding tert-OH is 1. The summed E-state index contributed by atoms with van der Waals surface area (Å²) in [4.78, 5) is 6.87. The van der Waals surface area contributed by atoms with E-state index >= 15 is 0 Å². The zero-order valence-corrected chi connectivity index (χ0v) is 8.86. The molecular weight excluding hydrogens is 188 g/mol. The Hall–Kier alpha value is -1.61. The smallest absolute Gasteiger partial charge is 0.122 e. The third kappa shape index (κ3) is 1.92. The Labute approximate surface area is 88.8 Å². The maximum absolute atomic E-state index is 10.0. The highest BCUT2D eigenvalue weighted by Crippen LogP contribution is 2.21. The molecule has 0 aliphatic rings. The molecule has 0 radical (unpaired) electrons. The predicted molar refractivity (Wildman–Crippen MR) is 58.6 cm³/mol. The van der Waals surface area contributed by atoms with Gasteiger partial charge in [-0.1, -0.05) is 18.2 Å². The molecule has 0 aliphatic heterocycles. The fourth-order valence-electron chi connectivity index (χ4n) is 1.53. The summed E-state index contributed by atoms with van der Waals surface area (Å²) >= 11 is 0. The minimum absolute atomic E-state index is 0.643.